The fraction of sp³-hybridized carbons (Fsp3) is 0.182. The van der Waals surface area contributed by atoms with Crippen molar-refractivity contribution in [3.8, 4) is 11.1 Å². The number of nitrogens with one attached hydrogen (secondary N) is 2. The smallest absolute Gasteiger partial charge is 0.341 e. The van der Waals surface area contributed by atoms with Crippen LogP contribution < -0.4 is 10.9 Å². The highest BCUT2D eigenvalue weighted by Crippen LogP contribution is 2.44. The Bertz CT molecular complexity index is 1140. The topological polar surface area (TPSA) is 62.0 Å². The number of aromatic nitrogens is 1. The number of amides is 1. The Balaban J connectivity index is 1.73. The van der Waals surface area contributed by atoms with E-state index < -0.39 is 29.4 Å². The van der Waals surface area contributed by atoms with E-state index in [4.69, 9.17) is 0 Å². The quantitative estimate of drug-likeness (QED) is 0.667. The molecule has 1 aliphatic rings. The van der Waals surface area contributed by atoms with Crippen LogP contribution in [0.15, 0.2) is 53.3 Å². The van der Waals surface area contributed by atoms with Gasteiger partial charge < -0.3 is 10.3 Å². The molecule has 1 aliphatic carbocycles. The molecule has 0 saturated carbocycles. The average Bonchev–Trinajstić information content (AvgIpc) is 2.93. The van der Waals surface area contributed by atoms with Gasteiger partial charge in [-0.25, -0.2) is 0 Å². The molecule has 0 bridgehead atoms. The lowest BCUT2D eigenvalue weighted by Crippen LogP contribution is -2.33. The van der Waals surface area contributed by atoms with Gasteiger partial charge in [0.15, 0.2) is 0 Å². The molecule has 2 aromatic carbocycles. The first-order valence-electron chi connectivity index (χ1n) is 8.98. The highest BCUT2D eigenvalue weighted by Gasteiger charge is 2.33. The summed E-state index contributed by atoms with van der Waals surface area (Å²) in [6, 6.07) is 13.0. The molecule has 2 N–H and O–H groups in total. The maximum atomic E-state index is 12.8. The number of aromatic amines is 1. The van der Waals surface area contributed by atoms with Crippen molar-refractivity contribution in [1.82, 2.24) is 10.3 Å². The summed E-state index contributed by atoms with van der Waals surface area (Å²) in [6.45, 7) is 3.88. The van der Waals surface area contributed by atoms with Gasteiger partial charge in [0.25, 0.3) is 11.5 Å². The Morgan fingerprint density at radius 3 is 1.97 bits per heavy atom. The summed E-state index contributed by atoms with van der Waals surface area (Å²) in [7, 11) is 0. The van der Waals surface area contributed by atoms with Crippen molar-refractivity contribution in [3.63, 3.8) is 0 Å². The lowest BCUT2D eigenvalue weighted by Gasteiger charge is -2.17. The summed E-state index contributed by atoms with van der Waals surface area (Å²) in [5.74, 6) is -0.730. The molecule has 0 saturated heterocycles. The van der Waals surface area contributed by atoms with Crippen LogP contribution in [-0.2, 0) is 6.18 Å². The average molecular weight is 398 g/mol. The zero-order chi connectivity index (χ0) is 20.9. The number of carbonyl (C=O) groups is 1. The summed E-state index contributed by atoms with van der Waals surface area (Å²) in [5, 5.41) is 2.82. The van der Waals surface area contributed by atoms with E-state index in [2.05, 4.69) is 5.32 Å². The van der Waals surface area contributed by atoms with Crippen LogP contribution >= 0.6 is 0 Å². The van der Waals surface area contributed by atoms with Crippen molar-refractivity contribution in [2.75, 3.05) is 0 Å². The van der Waals surface area contributed by atoms with E-state index in [0.717, 1.165) is 39.4 Å². The van der Waals surface area contributed by atoms with Crippen molar-refractivity contribution >= 4 is 5.91 Å². The molecule has 0 fully saturated rings. The van der Waals surface area contributed by atoms with Gasteiger partial charge in [-0.05, 0) is 48.2 Å². The van der Waals surface area contributed by atoms with Crippen LogP contribution in [0.2, 0.25) is 0 Å². The van der Waals surface area contributed by atoms with E-state index in [1.54, 1.807) is 4.98 Å². The first-order valence-corrected chi connectivity index (χ1v) is 8.98. The summed E-state index contributed by atoms with van der Waals surface area (Å²) in [6.07, 6.45) is -4.69. The van der Waals surface area contributed by atoms with Gasteiger partial charge in [-0.2, -0.15) is 13.2 Å². The molecule has 3 aromatic rings. The Morgan fingerprint density at radius 1 is 0.931 bits per heavy atom. The predicted molar refractivity (Wildman–Crippen MR) is 103 cm³/mol. The molecular formula is C22H17F3N2O2. The molecule has 0 spiro atoms. The number of aryl methyl sites for hydroxylation is 2. The minimum atomic E-state index is -4.69. The number of pyridine rings is 1. The number of H-pyrrole nitrogens is 1. The molecule has 29 heavy (non-hydrogen) atoms. The zero-order valence-corrected chi connectivity index (χ0v) is 15.6. The van der Waals surface area contributed by atoms with Crippen molar-refractivity contribution in [2.45, 2.75) is 26.1 Å². The van der Waals surface area contributed by atoms with Crippen LogP contribution in [0.1, 0.15) is 44.3 Å². The molecule has 0 unspecified atom stereocenters. The van der Waals surface area contributed by atoms with E-state index in [1.165, 1.54) is 0 Å². The third-order valence-corrected chi connectivity index (χ3v) is 5.06. The Kier molecular flexibility index (Phi) is 4.33. The predicted octanol–water partition coefficient (Wildman–Crippen LogP) is 4.51. The number of carbonyl (C=O) groups excluding carboxylic acids is 1. The highest BCUT2D eigenvalue weighted by atomic mass is 19.4. The van der Waals surface area contributed by atoms with Gasteiger partial charge in [0, 0.05) is 0 Å². The first-order chi connectivity index (χ1) is 13.6. The van der Waals surface area contributed by atoms with Gasteiger partial charge in [-0.3, -0.25) is 9.59 Å². The fourth-order valence-electron chi connectivity index (χ4n) is 3.68. The van der Waals surface area contributed by atoms with Gasteiger partial charge in [-0.15, -0.1) is 0 Å². The van der Waals surface area contributed by atoms with Gasteiger partial charge in [0.05, 0.1) is 6.04 Å². The Labute approximate surface area is 164 Å². The van der Waals surface area contributed by atoms with E-state index >= 15 is 0 Å². The number of halogens is 3. The zero-order valence-electron chi connectivity index (χ0n) is 15.6. The third-order valence-electron chi connectivity index (χ3n) is 5.06. The van der Waals surface area contributed by atoms with Crippen LogP contribution in [0, 0.1) is 13.8 Å². The Hall–Kier alpha value is -3.35. The molecular weight excluding hydrogens is 381 g/mol. The molecule has 0 atom stereocenters. The van der Waals surface area contributed by atoms with Gasteiger partial charge in [0.2, 0.25) is 0 Å². The molecule has 1 heterocycles. The fourth-order valence-corrected chi connectivity index (χ4v) is 3.68. The van der Waals surface area contributed by atoms with Crippen molar-refractivity contribution < 1.29 is 18.0 Å². The second kappa shape index (κ2) is 6.62. The Morgan fingerprint density at radius 2 is 1.48 bits per heavy atom. The summed E-state index contributed by atoms with van der Waals surface area (Å²) >= 11 is 0. The minimum Gasteiger partial charge on any atom is -0.341 e. The van der Waals surface area contributed by atoms with Crippen LogP contribution in [-0.4, -0.2) is 10.9 Å². The standard InChI is InChI=1S/C22H17F3N2O2/c1-11-3-5-13-14-6-4-12(2)10-17(14)19(16(13)9-11)27-21(29)15-7-8-18(22(23,24)25)26-20(15)28/h3-10,19H,1-2H3,(H,26,28)(H,27,29). The maximum absolute atomic E-state index is 12.8. The molecule has 4 nitrogen and oxygen atoms in total. The summed E-state index contributed by atoms with van der Waals surface area (Å²) in [5.41, 5.74) is 3.14. The molecule has 1 aromatic heterocycles. The number of hydrogen-bond acceptors (Lipinski definition) is 2. The maximum Gasteiger partial charge on any atom is 0.431 e. The van der Waals surface area contributed by atoms with Crippen molar-refractivity contribution in [1.29, 1.82) is 0 Å². The number of alkyl halides is 3. The monoisotopic (exact) mass is 398 g/mol. The molecule has 0 aliphatic heterocycles. The second-order valence-electron chi connectivity index (χ2n) is 7.20. The van der Waals surface area contributed by atoms with E-state index in [9.17, 15) is 22.8 Å². The number of benzene rings is 2. The lowest BCUT2D eigenvalue weighted by molar-refractivity contribution is -0.141. The molecule has 7 heteroatoms. The van der Waals surface area contributed by atoms with Crippen LogP contribution in [0.4, 0.5) is 13.2 Å². The molecule has 1 amide bonds. The van der Waals surface area contributed by atoms with Crippen molar-refractivity contribution in [3.05, 3.63) is 92.4 Å². The van der Waals surface area contributed by atoms with Gasteiger partial charge >= 0.3 is 6.18 Å². The molecule has 4 rings (SSSR count). The van der Waals surface area contributed by atoms with Crippen LogP contribution in [0.5, 0.6) is 0 Å². The third kappa shape index (κ3) is 3.33. The number of hydrogen-bond donors (Lipinski definition) is 2. The highest BCUT2D eigenvalue weighted by molar-refractivity contribution is 5.95. The number of rotatable bonds is 2. The van der Waals surface area contributed by atoms with E-state index in [1.807, 2.05) is 50.2 Å². The molecule has 0 radical (unpaired) electrons. The first kappa shape index (κ1) is 19.0. The van der Waals surface area contributed by atoms with E-state index in [0.29, 0.717) is 6.07 Å². The van der Waals surface area contributed by atoms with Gasteiger partial charge in [-0.1, -0.05) is 47.5 Å². The van der Waals surface area contributed by atoms with Crippen LogP contribution in [0.3, 0.4) is 0 Å². The van der Waals surface area contributed by atoms with Gasteiger partial charge in [0.1, 0.15) is 11.3 Å². The molecule has 148 valence electrons. The normalized spacial score (nSPS) is 13.1. The summed E-state index contributed by atoms with van der Waals surface area (Å²) in [4.78, 5) is 26.6. The number of fused-ring (bicyclic) bond motifs is 3. The van der Waals surface area contributed by atoms with E-state index in [-0.39, 0.29) is 5.56 Å². The minimum absolute atomic E-state index is 0.367. The second-order valence-corrected chi connectivity index (χ2v) is 7.20. The van der Waals surface area contributed by atoms with Crippen molar-refractivity contribution in [2.24, 2.45) is 0 Å². The summed E-state index contributed by atoms with van der Waals surface area (Å²) < 4.78 is 38.3. The largest absolute Gasteiger partial charge is 0.431 e. The van der Waals surface area contributed by atoms with Crippen LogP contribution in [0.25, 0.3) is 11.1 Å². The SMILES string of the molecule is Cc1ccc2c(c1)C(NC(=O)c1ccc(C(F)(F)F)[nH]c1=O)c1cc(C)ccc1-2. The lowest BCUT2D eigenvalue weighted by atomic mass is 10.0.